The summed E-state index contributed by atoms with van der Waals surface area (Å²) in [7, 11) is 4.75. The molecule has 29 heavy (non-hydrogen) atoms. The molecule has 0 saturated heterocycles. The van der Waals surface area contributed by atoms with Crippen LogP contribution in [0.5, 0.6) is 17.2 Å². The first-order valence-electron chi connectivity index (χ1n) is 8.54. The predicted octanol–water partition coefficient (Wildman–Crippen LogP) is 5.25. The van der Waals surface area contributed by atoms with E-state index in [1.807, 2.05) is 35.7 Å². The molecule has 0 unspecified atom stereocenters. The number of ether oxygens (including phenoxy) is 3. The summed E-state index contributed by atoms with van der Waals surface area (Å²) in [6.07, 6.45) is 3.14. The Bertz CT molecular complexity index is 1050. The second kappa shape index (κ2) is 9.58. The van der Waals surface area contributed by atoms with Gasteiger partial charge in [-0.25, -0.2) is 4.98 Å². The summed E-state index contributed by atoms with van der Waals surface area (Å²) in [5.74, 6) is 1.65. The Morgan fingerprint density at radius 2 is 1.97 bits per heavy atom. The van der Waals surface area contributed by atoms with Crippen molar-refractivity contribution in [3.8, 4) is 28.5 Å². The number of carbonyl (C=O) groups is 1. The Hall–Kier alpha value is -2.84. The number of carbonyl (C=O) groups excluding carboxylic acids is 1. The molecule has 3 rings (SSSR count). The average molecular weight is 475 g/mol. The van der Waals surface area contributed by atoms with Gasteiger partial charge in [0.1, 0.15) is 5.75 Å². The summed E-state index contributed by atoms with van der Waals surface area (Å²) >= 11 is 4.80. The van der Waals surface area contributed by atoms with Crippen molar-refractivity contribution >= 4 is 44.4 Å². The van der Waals surface area contributed by atoms with Gasteiger partial charge in [0.25, 0.3) is 0 Å². The van der Waals surface area contributed by atoms with E-state index in [0.29, 0.717) is 16.6 Å². The highest BCUT2D eigenvalue weighted by Gasteiger charge is 2.10. The van der Waals surface area contributed by atoms with Gasteiger partial charge >= 0.3 is 0 Å². The van der Waals surface area contributed by atoms with E-state index < -0.39 is 0 Å². The van der Waals surface area contributed by atoms with Gasteiger partial charge in [-0.2, -0.15) is 0 Å². The number of thiazole rings is 1. The lowest BCUT2D eigenvalue weighted by Gasteiger charge is -2.10. The lowest BCUT2D eigenvalue weighted by Crippen LogP contribution is -2.07. The Labute approximate surface area is 181 Å². The third-order valence-electron chi connectivity index (χ3n) is 3.98. The van der Waals surface area contributed by atoms with Crippen LogP contribution in [-0.4, -0.2) is 32.2 Å². The van der Waals surface area contributed by atoms with E-state index in [-0.39, 0.29) is 5.91 Å². The van der Waals surface area contributed by atoms with Crippen molar-refractivity contribution in [2.75, 3.05) is 26.6 Å². The molecule has 150 valence electrons. The molecule has 8 heteroatoms. The number of aromatic nitrogens is 1. The molecular formula is C21H19BrN2O4S. The standard InChI is InChI=1S/C21H19BrN2O4S/c1-26-15-6-4-5-14(11-15)17-12-29-21(23-17)24-19(25)8-7-13-9-16(22)20(28-3)18(10-13)27-2/h4-12H,1-3H3,(H,23,24,25)/b8-7+. The number of anilines is 1. The quantitative estimate of drug-likeness (QED) is 0.473. The topological polar surface area (TPSA) is 69.7 Å². The number of benzene rings is 2. The summed E-state index contributed by atoms with van der Waals surface area (Å²) < 4.78 is 16.6. The molecule has 0 spiro atoms. The first-order valence-corrected chi connectivity index (χ1v) is 10.2. The number of hydrogen-bond donors (Lipinski definition) is 1. The zero-order valence-electron chi connectivity index (χ0n) is 16.1. The van der Waals surface area contributed by atoms with E-state index >= 15 is 0 Å². The Kier molecular flexibility index (Phi) is 6.90. The van der Waals surface area contributed by atoms with Crippen LogP contribution in [0.3, 0.4) is 0 Å². The van der Waals surface area contributed by atoms with Gasteiger partial charge in [0.15, 0.2) is 16.6 Å². The van der Waals surface area contributed by atoms with Crippen LogP contribution in [-0.2, 0) is 4.79 Å². The van der Waals surface area contributed by atoms with Crippen molar-refractivity contribution in [2.45, 2.75) is 0 Å². The molecule has 0 aliphatic carbocycles. The molecule has 0 bridgehead atoms. The molecule has 0 saturated carbocycles. The number of hydrogen-bond acceptors (Lipinski definition) is 6. The Balaban J connectivity index is 1.70. The van der Waals surface area contributed by atoms with Crippen LogP contribution < -0.4 is 19.5 Å². The smallest absolute Gasteiger partial charge is 0.250 e. The highest BCUT2D eigenvalue weighted by Crippen LogP contribution is 2.36. The molecule has 0 fully saturated rings. The van der Waals surface area contributed by atoms with Crippen molar-refractivity contribution in [3.63, 3.8) is 0 Å². The van der Waals surface area contributed by atoms with Crippen molar-refractivity contribution in [1.29, 1.82) is 0 Å². The molecule has 2 aromatic carbocycles. The van der Waals surface area contributed by atoms with Crippen molar-refractivity contribution in [1.82, 2.24) is 4.98 Å². The van der Waals surface area contributed by atoms with Gasteiger partial charge in [-0.3, -0.25) is 10.1 Å². The zero-order chi connectivity index (χ0) is 20.8. The maximum absolute atomic E-state index is 12.3. The fourth-order valence-electron chi connectivity index (χ4n) is 2.60. The third kappa shape index (κ3) is 5.16. The highest BCUT2D eigenvalue weighted by atomic mass is 79.9. The highest BCUT2D eigenvalue weighted by molar-refractivity contribution is 9.10. The summed E-state index contributed by atoms with van der Waals surface area (Å²) in [6, 6.07) is 11.2. The summed E-state index contributed by atoms with van der Waals surface area (Å²) in [4.78, 5) is 16.7. The van der Waals surface area contributed by atoms with Crippen LogP contribution in [0.1, 0.15) is 5.56 Å². The lowest BCUT2D eigenvalue weighted by atomic mass is 10.2. The van der Waals surface area contributed by atoms with Crippen molar-refractivity contribution < 1.29 is 19.0 Å². The van der Waals surface area contributed by atoms with Gasteiger partial charge in [0.05, 0.1) is 31.5 Å². The minimum atomic E-state index is -0.276. The molecular weight excluding hydrogens is 456 g/mol. The van der Waals surface area contributed by atoms with Gasteiger partial charge < -0.3 is 14.2 Å². The lowest BCUT2D eigenvalue weighted by molar-refractivity contribution is -0.111. The van der Waals surface area contributed by atoms with Gasteiger partial charge in [-0.05, 0) is 51.8 Å². The van der Waals surface area contributed by atoms with E-state index in [9.17, 15) is 4.79 Å². The normalized spacial score (nSPS) is 10.8. The molecule has 1 amide bonds. The minimum absolute atomic E-state index is 0.276. The fraction of sp³-hybridized carbons (Fsp3) is 0.143. The summed E-state index contributed by atoms with van der Waals surface area (Å²) in [6.45, 7) is 0. The monoisotopic (exact) mass is 474 g/mol. The van der Waals surface area contributed by atoms with Crippen LogP contribution in [0, 0.1) is 0 Å². The van der Waals surface area contributed by atoms with Gasteiger partial charge in [0, 0.05) is 17.0 Å². The predicted molar refractivity (Wildman–Crippen MR) is 119 cm³/mol. The number of nitrogens with zero attached hydrogens (tertiary/aromatic N) is 1. The number of methoxy groups -OCH3 is 3. The van der Waals surface area contributed by atoms with Crippen LogP contribution >= 0.6 is 27.3 Å². The summed E-state index contributed by atoms with van der Waals surface area (Å²) in [5, 5.41) is 5.19. The van der Waals surface area contributed by atoms with E-state index in [4.69, 9.17) is 14.2 Å². The molecule has 0 aliphatic heterocycles. The second-order valence-electron chi connectivity index (χ2n) is 5.83. The van der Waals surface area contributed by atoms with Crippen molar-refractivity contribution in [2.24, 2.45) is 0 Å². The molecule has 3 aromatic rings. The number of rotatable bonds is 7. The van der Waals surface area contributed by atoms with Crippen LogP contribution in [0.4, 0.5) is 5.13 Å². The number of halogens is 1. The molecule has 0 aliphatic rings. The molecule has 1 heterocycles. The van der Waals surface area contributed by atoms with Crippen LogP contribution in [0.2, 0.25) is 0 Å². The molecule has 0 radical (unpaired) electrons. The number of nitrogens with one attached hydrogen (secondary N) is 1. The van der Waals surface area contributed by atoms with E-state index in [1.165, 1.54) is 17.4 Å². The molecule has 0 atom stereocenters. The largest absolute Gasteiger partial charge is 0.497 e. The fourth-order valence-corrected chi connectivity index (χ4v) is 3.94. The Morgan fingerprint density at radius 3 is 2.69 bits per heavy atom. The molecule has 1 aromatic heterocycles. The maximum Gasteiger partial charge on any atom is 0.250 e. The molecule has 6 nitrogen and oxygen atoms in total. The zero-order valence-corrected chi connectivity index (χ0v) is 18.5. The van der Waals surface area contributed by atoms with E-state index in [1.54, 1.807) is 33.5 Å². The minimum Gasteiger partial charge on any atom is -0.497 e. The molecule has 1 N–H and O–H groups in total. The second-order valence-corrected chi connectivity index (χ2v) is 7.54. The average Bonchev–Trinajstić information content (AvgIpc) is 3.20. The van der Waals surface area contributed by atoms with E-state index in [0.717, 1.165) is 27.0 Å². The van der Waals surface area contributed by atoms with Crippen molar-refractivity contribution in [3.05, 3.63) is 57.9 Å². The van der Waals surface area contributed by atoms with Crippen LogP contribution in [0.25, 0.3) is 17.3 Å². The van der Waals surface area contributed by atoms with Gasteiger partial charge in [0.2, 0.25) is 5.91 Å². The Morgan fingerprint density at radius 1 is 1.14 bits per heavy atom. The van der Waals surface area contributed by atoms with Gasteiger partial charge in [-0.1, -0.05) is 12.1 Å². The summed E-state index contributed by atoms with van der Waals surface area (Å²) in [5.41, 5.74) is 2.49. The van der Waals surface area contributed by atoms with Gasteiger partial charge in [-0.15, -0.1) is 11.3 Å². The third-order valence-corrected chi connectivity index (χ3v) is 5.33. The van der Waals surface area contributed by atoms with E-state index in [2.05, 4.69) is 26.2 Å². The first kappa shape index (κ1) is 20.9. The SMILES string of the molecule is COc1cccc(-c2csc(NC(=O)/C=C/c3cc(Br)c(OC)c(OC)c3)n2)c1. The first-order chi connectivity index (χ1) is 14.0. The maximum atomic E-state index is 12.3. The van der Waals surface area contributed by atoms with Crippen LogP contribution in [0.15, 0.2) is 52.3 Å². The number of amides is 1.